The van der Waals surface area contributed by atoms with Crippen molar-refractivity contribution in [3.05, 3.63) is 34.3 Å². The molecule has 0 aliphatic carbocycles. The Morgan fingerprint density at radius 2 is 2.22 bits per heavy atom. The molecule has 18 heavy (non-hydrogen) atoms. The summed E-state index contributed by atoms with van der Waals surface area (Å²) in [6.07, 6.45) is 1.25. The van der Waals surface area contributed by atoms with Gasteiger partial charge in [0.2, 0.25) is 0 Å². The molecule has 0 amide bonds. The molecule has 0 aromatic heterocycles. The largest absolute Gasteiger partial charge is 0.317 e. The van der Waals surface area contributed by atoms with E-state index in [0.29, 0.717) is 12.1 Å². The maximum absolute atomic E-state index is 3.56. The minimum absolute atomic E-state index is 0.503. The molecule has 3 heteroatoms. The molecular formula is C15H23BrN2. The summed E-state index contributed by atoms with van der Waals surface area (Å²) in [6, 6.07) is 9.86. The van der Waals surface area contributed by atoms with Gasteiger partial charge in [-0.25, -0.2) is 0 Å². The highest BCUT2D eigenvalue weighted by atomic mass is 79.9. The molecule has 0 radical (unpaired) electrons. The first kappa shape index (κ1) is 14.0. The van der Waals surface area contributed by atoms with Gasteiger partial charge in [0.15, 0.2) is 0 Å². The SMILES string of the molecule is CNC1CCN(C(C)c2cccc(Br)c2)CC1C. The molecule has 1 N–H and O–H groups in total. The Morgan fingerprint density at radius 1 is 1.44 bits per heavy atom. The number of hydrogen-bond acceptors (Lipinski definition) is 2. The van der Waals surface area contributed by atoms with Crippen LogP contribution in [0, 0.1) is 5.92 Å². The zero-order valence-corrected chi connectivity index (χ0v) is 13.1. The third-order valence-corrected chi connectivity index (χ3v) is 4.68. The average molecular weight is 311 g/mol. The molecule has 0 spiro atoms. The molecular weight excluding hydrogens is 288 g/mol. The van der Waals surface area contributed by atoms with Crippen LogP contribution in [0.15, 0.2) is 28.7 Å². The molecule has 1 aromatic carbocycles. The van der Waals surface area contributed by atoms with Gasteiger partial charge in [0, 0.05) is 29.6 Å². The maximum atomic E-state index is 3.56. The molecule has 3 unspecified atom stereocenters. The van der Waals surface area contributed by atoms with Crippen molar-refractivity contribution < 1.29 is 0 Å². The van der Waals surface area contributed by atoms with Crippen LogP contribution in [-0.2, 0) is 0 Å². The fourth-order valence-electron chi connectivity index (χ4n) is 2.94. The van der Waals surface area contributed by atoms with Crippen molar-refractivity contribution in [3.8, 4) is 0 Å². The van der Waals surface area contributed by atoms with Gasteiger partial charge in [-0.2, -0.15) is 0 Å². The van der Waals surface area contributed by atoms with Crippen LogP contribution in [0.25, 0.3) is 0 Å². The van der Waals surface area contributed by atoms with Crippen molar-refractivity contribution in [2.75, 3.05) is 20.1 Å². The highest BCUT2D eigenvalue weighted by Crippen LogP contribution is 2.27. The molecule has 2 nitrogen and oxygen atoms in total. The third kappa shape index (κ3) is 3.14. The van der Waals surface area contributed by atoms with E-state index < -0.39 is 0 Å². The summed E-state index contributed by atoms with van der Waals surface area (Å²) < 4.78 is 1.17. The summed E-state index contributed by atoms with van der Waals surface area (Å²) in [7, 11) is 2.08. The van der Waals surface area contributed by atoms with E-state index in [9.17, 15) is 0 Å². The van der Waals surface area contributed by atoms with Crippen molar-refractivity contribution >= 4 is 15.9 Å². The monoisotopic (exact) mass is 310 g/mol. The van der Waals surface area contributed by atoms with Crippen LogP contribution in [0.2, 0.25) is 0 Å². The first-order valence-electron chi connectivity index (χ1n) is 6.78. The van der Waals surface area contributed by atoms with Gasteiger partial charge in [0.1, 0.15) is 0 Å². The summed E-state index contributed by atoms with van der Waals surface area (Å²) in [5.74, 6) is 0.721. The van der Waals surface area contributed by atoms with Crippen molar-refractivity contribution in [2.24, 2.45) is 5.92 Å². The molecule has 1 fully saturated rings. The number of rotatable bonds is 3. The fourth-order valence-corrected chi connectivity index (χ4v) is 3.35. The first-order valence-corrected chi connectivity index (χ1v) is 7.58. The Kier molecular flexibility index (Phi) is 4.82. The minimum atomic E-state index is 0.503. The summed E-state index contributed by atoms with van der Waals surface area (Å²) in [5.41, 5.74) is 1.40. The van der Waals surface area contributed by atoms with E-state index >= 15 is 0 Å². The van der Waals surface area contributed by atoms with Gasteiger partial charge >= 0.3 is 0 Å². The Hall–Kier alpha value is -0.380. The van der Waals surface area contributed by atoms with Crippen molar-refractivity contribution in [1.29, 1.82) is 0 Å². The summed E-state index contributed by atoms with van der Waals surface area (Å²) >= 11 is 3.56. The van der Waals surface area contributed by atoms with Crippen LogP contribution >= 0.6 is 15.9 Å². The maximum Gasteiger partial charge on any atom is 0.0320 e. The van der Waals surface area contributed by atoms with E-state index in [0.717, 1.165) is 5.92 Å². The lowest BCUT2D eigenvalue weighted by molar-refractivity contribution is 0.114. The number of hydrogen-bond donors (Lipinski definition) is 1. The normalized spacial score (nSPS) is 27.1. The van der Waals surface area contributed by atoms with Crippen molar-refractivity contribution in [1.82, 2.24) is 10.2 Å². The van der Waals surface area contributed by atoms with Crippen LogP contribution in [0.5, 0.6) is 0 Å². The average Bonchev–Trinajstić information content (AvgIpc) is 2.37. The number of nitrogens with zero attached hydrogens (tertiary/aromatic N) is 1. The molecule has 0 saturated carbocycles. The summed E-state index contributed by atoms with van der Waals surface area (Å²) in [6.45, 7) is 7.03. The molecule has 1 aliphatic rings. The van der Waals surface area contributed by atoms with Crippen LogP contribution in [-0.4, -0.2) is 31.1 Å². The highest BCUT2D eigenvalue weighted by Gasteiger charge is 2.27. The zero-order valence-electron chi connectivity index (χ0n) is 11.5. The quantitative estimate of drug-likeness (QED) is 0.920. The molecule has 100 valence electrons. The van der Waals surface area contributed by atoms with Gasteiger partial charge in [-0.1, -0.05) is 35.0 Å². The lowest BCUT2D eigenvalue weighted by Gasteiger charge is -2.40. The van der Waals surface area contributed by atoms with Gasteiger partial charge in [-0.15, -0.1) is 0 Å². The number of piperidine rings is 1. The Balaban J connectivity index is 2.04. The molecule has 1 aliphatic heterocycles. The van der Waals surface area contributed by atoms with Gasteiger partial charge in [0.05, 0.1) is 0 Å². The third-order valence-electron chi connectivity index (χ3n) is 4.19. The Morgan fingerprint density at radius 3 is 2.83 bits per heavy atom. The molecule has 1 aromatic rings. The van der Waals surface area contributed by atoms with Crippen LogP contribution in [0.1, 0.15) is 31.9 Å². The molecule has 0 bridgehead atoms. The van der Waals surface area contributed by atoms with E-state index in [1.54, 1.807) is 0 Å². The van der Waals surface area contributed by atoms with Gasteiger partial charge in [0.25, 0.3) is 0 Å². The van der Waals surface area contributed by atoms with E-state index in [1.165, 1.54) is 29.5 Å². The second-order valence-corrected chi connectivity index (χ2v) is 6.30. The molecule has 3 atom stereocenters. The fraction of sp³-hybridized carbons (Fsp3) is 0.600. The molecule has 1 heterocycles. The van der Waals surface area contributed by atoms with Crippen LogP contribution in [0.4, 0.5) is 0 Å². The van der Waals surface area contributed by atoms with Gasteiger partial charge < -0.3 is 5.32 Å². The summed E-state index contributed by atoms with van der Waals surface area (Å²) in [4.78, 5) is 2.60. The highest BCUT2D eigenvalue weighted by molar-refractivity contribution is 9.10. The van der Waals surface area contributed by atoms with E-state index in [1.807, 2.05) is 0 Å². The van der Waals surface area contributed by atoms with Gasteiger partial charge in [-0.05, 0) is 44.0 Å². The Bertz CT molecular complexity index is 394. The van der Waals surface area contributed by atoms with E-state index in [2.05, 4.69) is 71.3 Å². The number of benzene rings is 1. The minimum Gasteiger partial charge on any atom is -0.317 e. The zero-order chi connectivity index (χ0) is 13.1. The lowest BCUT2D eigenvalue weighted by Crippen LogP contribution is -2.47. The lowest BCUT2D eigenvalue weighted by atomic mass is 9.92. The van der Waals surface area contributed by atoms with E-state index in [4.69, 9.17) is 0 Å². The van der Waals surface area contributed by atoms with Crippen LogP contribution in [0.3, 0.4) is 0 Å². The van der Waals surface area contributed by atoms with Gasteiger partial charge in [-0.3, -0.25) is 4.90 Å². The second-order valence-electron chi connectivity index (χ2n) is 5.39. The molecule has 1 saturated heterocycles. The standard InChI is InChI=1S/C15H23BrN2/c1-11-10-18(8-7-15(11)17-3)12(2)13-5-4-6-14(16)9-13/h4-6,9,11-12,15,17H,7-8,10H2,1-3H3. The molecule has 2 rings (SSSR count). The number of halogens is 1. The number of likely N-dealkylation sites (tertiary alicyclic amines) is 1. The van der Waals surface area contributed by atoms with Crippen LogP contribution < -0.4 is 5.32 Å². The van der Waals surface area contributed by atoms with Crippen molar-refractivity contribution in [3.63, 3.8) is 0 Å². The predicted octanol–water partition coefficient (Wildman–Crippen LogP) is 3.44. The first-order chi connectivity index (χ1) is 8.61. The predicted molar refractivity (Wildman–Crippen MR) is 80.8 cm³/mol. The smallest absolute Gasteiger partial charge is 0.0320 e. The topological polar surface area (TPSA) is 15.3 Å². The number of nitrogens with one attached hydrogen (secondary N) is 1. The van der Waals surface area contributed by atoms with E-state index in [-0.39, 0.29) is 0 Å². The van der Waals surface area contributed by atoms with Crippen molar-refractivity contribution in [2.45, 2.75) is 32.4 Å². The Labute approximate surface area is 119 Å². The second kappa shape index (κ2) is 6.18. The summed E-state index contributed by atoms with van der Waals surface area (Å²) in [5, 5.41) is 3.43.